The Kier molecular flexibility index (Phi) is 6.41. The van der Waals surface area contributed by atoms with E-state index in [-0.39, 0.29) is 15.5 Å². The van der Waals surface area contributed by atoms with E-state index >= 15 is 0 Å². The molecule has 0 aliphatic carbocycles. The van der Waals surface area contributed by atoms with Crippen LogP contribution in [-0.4, -0.2) is 43.0 Å². The van der Waals surface area contributed by atoms with Crippen LogP contribution in [0.5, 0.6) is 0 Å². The number of thioether (sulfide) groups is 1. The van der Waals surface area contributed by atoms with Gasteiger partial charge in [-0.2, -0.15) is 4.31 Å². The molecule has 1 aromatic carbocycles. The van der Waals surface area contributed by atoms with E-state index in [1.807, 2.05) is 6.26 Å². The molecule has 3 rings (SSSR count). The van der Waals surface area contributed by atoms with Crippen molar-refractivity contribution in [1.29, 1.82) is 0 Å². The van der Waals surface area contributed by atoms with Gasteiger partial charge in [0.25, 0.3) is 5.91 Å². The molecule has 1 aliphatic rings. The quantitative estimate of drug-likeness (QED) is 0.735. The van der Waals surface area contributed by atoms with E-state index in [0.717, 1.165) is 24.3 Å². The topological polar surface area (TPSA) is 79.4 Å². The Bertz CT molecular complexity index is 927. The Hall–Kier alpha value is -1.61. The number of benzene rings is 1. The molecule has 0 unspecified atom stereocenters. The van der Waals surface area contributed by atoms with Crippen molar-refractivity contribution in [2.75, 3.05) is 24.7 Å². The third-order valence-electron chi connectivity index (χ3n) is 4.33. The number of hydrogen-bond acceptors (Lipinski definition) is 5. The van der Waals surface area contributed by atoms with Crippen LogP contribution in [-0.2, 0) is 10.0 Å². The van der Waals surface area contributed by atoms with Crippen molar-refractivity contribution in [2.24, 2.45) is 0 Å². The fourth-order valence-corrected chi connectivity index (χ4v) is 5.24. The molecule has 6 nitrogen and oxygen atoms in total. The lowest BCUT2D eigenvalue weighted by atomic mass is 10.2. The van der Waals surface area contributed by atoms with Crippen LogP contribution in [0.1, 0.15) is 29.6 Å². The van der Waals surface area contributed by atoms with Gasteiger partial charge >= 0.3 is 0 Å². The second-order valence-electron chi connectivity index (χ2n) is 6.15. The molecular weight excluding hydrogens is 406 g/mol. The Labute approximate surface area is 168 Å². The minimum Gasteiger partial charge on any atom is -0.321 e. The highest BCUT2D eigenvalue weighted by molar-refractivity contribution is 7.98. The number of carbonyl (C=O) groups is 1. The summed E-state index contributed by atoms with van der Waals surface area (Å²) in [6.07, 6.45) is 6.15. The molecule has 0 bridgehead atoms. The molecule has 2 aromatic rings. The number of aromatic nitrogens is 1. The standard InChI is InChI=1S/C18H20ClN3O3S2/c1-26-17-8-6-14(12-20-17)21-18(23)13-5-7-15(19)16(11-13)27(24,25)22-9-3-2-4-10-22/h5-8,11-12H,2-4,9-10H2,1H3,(H,21,23). The first-order valence-corrected chi connectivity index (χ1v) is 11.6. The lowest BCUT2D eigenvalue weighted by Crippen LogP contribution is -2.35. The molecule has 1 fully saturated rings. The van der Waals surface area contributed by atoms with Crippen molar-refractivity contribution in [3.63, 3.8) is 0 Å². The summed E-state index contributed by atoms with van der Waals surface area (Å²) in [5, 5.41) is 3.68. The van der Waals surface area contributed by atoms with Gasteiger partial charge in [-0.25, -0.2) is 13.4 Å². The highest BCUT2D eigenvalue weighted by Crippen LogP contribution is 2.28. The fraction of sp³-hybridized carbons (Fsp3) is 0.333. The lowest BCUT2D eigenvalue weighted by molar-refractivity contribution is 0.102. The molecular formula is C18H20ClN3O3S2. The minimum atomic E-state index is -3.72. The lowest BCUT2D eigenvalue weighted by Gasteiger charge is -2.26. The molecule has 27 heavy (non-hydrogen) atoms. The summed E-state index contributed by atoms with van der Waals surface area (Å²) in [6.45, 7) is 0.949. The molecule has 144 valence electrons. The molecule has 1 aliphatic heterocycles. The number of piperidine rings is 1. The van der Waals surface area contributed by atoms with Crippen LogP contribution in [0.4, 0.5) is 5.69 Å². The summed E-state index contributed by atoms with van der Waals surface area (Å²) in [7, 11) is -3.72. The number of hydrogen-bond donors (Lipinski definition) is 1. The molecule has 0 saturated carbocycles. The van der Waals surface area contributed by atoms with Gasteiger partial charge in [0.2, 0.25) is 10.0 Å². The van der Waals surface area contributed by atoms with Crippen LogP contribution < -0.4 is 5.32 Å². The monoisotopic (exact) mass is 425 g/mol. The second-order valence-corrected chi connectivity index (χ2v) is 9.29. The summed E-state index contributed by atoms with van der Waals surface area (Å²) < 4.78 is 27.3. The van der Waals surface area contributed by atoms with Gasteiger partial charge in [0, 0.05) is 18.7 Å². The van der Waals surface area contributed by atoms with E-state index in [0.29, 0.717) is 18.8 Å². The van der Waals surface area contributed by atoms with Gasteiger partial charge in [-0.1, -0.05) is 18.0 Å². The van der Waals surface area contributed by atoms with Crippen molar-refractivity contribution in [3.8, 4) is 0 Å². The van der Waals surface area contributed by atoms with Crippen LogP contribution in [0.2, 0.25) is 5.02 Å². The number of rotatable bonds is 5. The largest absolute Gasteiger partial charge is 0.321 e. The van der Waals surface area contributed by atoms with E-state index in [1.165, 1.54) is 34.3 Å². The molecule has 1 N–H and O–H groups in total. The maximum atomic E-state index is 12.9. The Morgan fingerprint density at radius 2 is 1.93 bits per heavy atom. The third kappa shape index (κ3) is 4.63. The van der Waals surface area contributed by atoms with Crippen LogP contribution in [0.3, 0.4) is 0 Å². The smallest absolute Gasteiger partial charge is 0.255 e. The summed E-state index contributed by atoms with van der Waals surface area (Å²) >= 11 is 7.65. The van der Waals surface area contributed by atoms with Gasteiger partial charge in [0.1, 0.15) is 4.90 Å². The first kappa shape index (κ1) is 20.1. The number of amides is 1. The molecule has 9 heteroatoms. The molecule has 1 saturated heterocycles. The number of pyridine rings is 1. The first-order valence-electron chi connectivity index (χ1n) is 8.53. The summed E-state index contributed by atoms with van der Waals surface area (Å²) in [4.78, 5) is 16.7. The van der Waals surface area contributed by atoms with E-state index < -0.39 is 15.9 Å². The zero-order chi connectivity index (χ0) is 19.4. The zero-order valence-electron chi connectivity index (χ0n) is 14.8. The molecule has 0 atom stereocenters. The van der Waals surface area contributed by atoms with Crippen molar-refractivity contribution >= 4 is 45.0 Å². The molecule has 0 spiro atoms. The Morgan fingerprint density at radius 1 is 1.19 bits per heavy atom. The molecule has 0 radical (unpaired) electrons. The predicted molar refractivity (Wildman–Crippen MR) is 108 cm³/mol. The van der Waals surface area contributed by atoms with Crippen molar-refractivity contribution < 1.29 is 13.2 Å². The van der Waals surface area contributed by atoms with Crippen LogP contribution in [0, 0.1) is 0 Å². The molecule has 2 heterocycles. The van der Waals surface area contributed by atoms with E-state index in [9.17, 15) is 13.2 Å². The first-order chi connectivity index (χ1) is 12.9. The van der Waals surface area contributed by atoms with Gasteiger partial charge in [-0.3, -0.25) is 4.79 Å². The average Bonchev–Trinajstić information content (AvgIpc) is 2.69. The third-order valence-corrected chi connectivity index (χ3v) is 7.37. The number of nitrogens with zero attached hydrogens (tertiary/aromatic N) is 2. The highest BCUT2D eigenvalue weighted by atomic mass is 35.5. The van der Waals surface area contributed by atoms with Crippen LogP contribution in [0.25, 0.3) is 0 Å². The van der Waals surface area contributed by atoms with Gasteiger partial charge in [0.05, 0.1) is 21.9 Å². The predicted octanol–water partition coefficient (Wildman–Crippen LogP) is 3.88. The Morgan fingerprint density at radius 3 is 2.56 bits per heavy atom. The summed E-state index contributed by atoms with van der Waals surface area (Å²) in [5.74, 6) is -0.416. The molecule has 1 amide bonds. The van der Waals surface area contributed by atoms with E-state index in [4.69, 9.17) is 11.6 Å². The number of sulfonamides is 1. The number of halogens is 1. The minimum absolute atomic E-state index is 0.0328. The number of nitrogens with one attached hydrogen (secondary N) is 1. The number of carbonyl (C=O) groups excluding carboxylic acids is 1. The maximum absolute atomic E-state index is 12.9. The molecule has 1 aromatic heterocycles. The van der Waals surface area contributed by atoms with Crippen LogP contribution in [0.15, 0.2) is 46.5 Å². The summed E-state index contributed by atoms with van der Waals surface area (Å²) in [5.41, 5.74) is 0.761. The normalized spacial score (nSPS) is 15.5. The van der Waals surface area contributed by atoms with Crippen molar-refractivity contribution in [1.82, 2.24) is 9.29 Å². The van der Waals surface area contributed by atoms with Gasteiger partial charge in [0.15, 0.2) is 0 Å². The Balaban J connectivity index is 1.84. The van der Waals surface area contributed by atoms with Crippen molar-refractivity contribution in [3.05, 3.63) is 47.1 Å². The second kappa shape index (κ2) is 8.60. The van der Waals surface area contributed by atoms with E-state index in [1.54, 1.807) is 18.3 Å². The zero-order valence-corrected chi connectivity index (χ0v) is 17.2. The van der Waals surface area contributed by atoms with Gasteiger partial charge < -0.3 is 5.32 Å². The van der Waals surface area contributed by atoms with Crippen molar-refractivity contribution in [2.45, 2.75) is 29.2 Å². The van der Waals surface area contributed by atoms with Gasteiger partial charge in [-0.05, 0) is 49.4 Å². The number of anilines is 1. The average molecular weight is 426 g/mol. The maximum Gasteiger partial charge on any atom is 0.255 e. The van der Waals surface area contributed by atoms with E-state index in [2.05, 4.69) is 10.3 Å². The van der Waals surface area contributed by atoms with Gasteiger partial charge in [-0.15, -0.1) is 11.8 Å². The van der Waals surface area contributed by atoms with Crippen LogP contribution >= 0.6 is 23.4 Å². The SMILES string of the molecule is CSc1ccc(NC(=O)c2ccc(Cl)c(S(=O)(=O)N3CCCCC3)c2)cn1. The highest BCUT2D eigenvalue weighted by Gasteiger charge is 2.28. The summed E-state index contributed by atoms with van der Waals surface area (Å²) in [6, 6.07) is 7.84. The fourth-order valence-electron chi connectivity index (χ4n) is 2.86.